The normalized spacial score (nSPS) is 12.6. The third-order valence-electron chi connectivity index (χ3n) is 4.82. The molecule has 8 nitrogen and oxygen atoms in total. The van der Waals surface area contributed by atoms with Gasteiger partial charge in [0.2, 0.25) is 5.95 Å². The minimum atomic E-state index is -0.440. The van der Waals surface area contributed by atoms with Crippen LogP contribution in [0.25, 0.3) is 16.6 Å². The van der Waals surface area contributed by atoms with Crippen molar-refractivity contribution in [3.63, 3.8) is 0 Å². The fourth-order valence-electron chi connectivity index (χ4n) is 3.25. The highest BCUT2D eigenvalue weighted by Gasteiger charge is 2.18. The van der Waals surface area contributed by atoms with Crippen LogP contribution in [-0.4, -0.2) is 40.1 Å². The van der Waals surface area contributed by atoms with Crippen LogP contribution in [-0.2, 0) is 6.54 Å². The van der Waals surface area contributed by atoms with Gasteiger partial charge in [0.1, 0.15) is 7.11 Å². The Kier molecular flexibility index (Phi) is 8.46. The molecule has 0 aliphatic rings. The molecule has 3 rings (SSSR count). The van der Waals surface area contributed by atoms with Gasteiger partial charge in [0.15, 0.2) is 5.65 Å². The van der Waals surface area contributed by atoms with E-state index in [0.717, 1.165) is 16.0 Å². The predicted molar refractivity (Wildman–Crippen MR) is 133 cm³/mol. The number of halogens is 2. The Balaban J connectivity index is 1.97. The van der Waals surface area contributed by atoms with Crippen molar-refractivity contribution in [3.8, 4) is 0 Å². The van der Waals surface area contributed by atoms with Crippen LogP contribution < -0.4 is 21.0 Å². The molecule has 0 saturated carbocycles. The van der Waals surface area contributed by atoms with E-state index in [1.165, 1.54) is 7.11 Å². The van der Waals surface area contributed by atoms with E-state index < -0.39 is 5.56 Å². The van der Waals surface area contributed by atoms with E-state index in [2.05, 4.69) is 20.6 Å². The van der Waals surface area contributed by atoms with Gasteiger partial charge in [-0.2, -0.15) is 4.98 Å². The molecule has 33 heavy (non-hydrogen) atoms. The van der Waals surface area contributed by atoms with E-state index in [9.17, 15) is 4.79 Å². The maximum absolute atomic E-state index is 13.2. The number of allylic oxidation sites excluding steroid dienone is 4. The van der Waals surface area contributed by atoms with Gasteiger partial charge in [0.05, 0.1) is 12.2 Å². The summed E-state index contributed by atoms with van der Waals surface area (Å²) in [5.74, 6) is 0.308. The van der Waals surface area contributed by atoms with E-state index >= 15 is 0 Å². The zero-order valence-corrected chi connectivity index (χ0v) is 20.0. The first-order valence-corrected chi connectivity index (χ1v) is 11.0. The Morgan fingerprint density at radius 2 is 2.00 bits per heavy atom. The largest absolute Gasteiger partial charge is 0.412 e. The number of fused-ring (bicyclic) bond motifs is 1. The summed E-state index contributed by atoms with van der Waals surface area (Å²) < 4.78 is 1.09. The Labute approximate surface area is 201 Å². The predicted octanol–water partition coefficient (Wildman–Crippen LogP) is 3.79. The van der Waals surface area contributed by atoms with Crippen LogP contribution in [0.2, 0.25) is 0 Å². The molecular formula is C23H25Cl2N5O3. The number of nitrogens with one attached hydrogen (secondary N) is 2. The van der Waals surface area contributed by atoms with Gasteiger partial charge >= 0.3 is 0 Å². The van der Waals surface area contributed by atoms with Crippen LogP contribution in [0.15, 0.2) is 57.5 Å². The molecule has 0 spiro atoms. The maximum atomic E-state index is 13.2. The fraction of sp³-hybridized carbons (Fsp3) is 0.261. The molecule has 0 amide bonds. The molecule has 0 bridgehead atoms. The third kappa shape index (κ3) is 5.72. The molecule has 2 aromatic heterocycles. The number of anilines is 2. The van der Waals surface area contributed by atoms with Crippen molar-refractivity contribution >= 4 is 51.4 Å². The highest BCUT2D eigenvalue weighted by atomic mass is 35.5. The Hall–Kier alpha value is -2.91. The second-order valence-electron chi connectivity index (χ2n) is 7.08. The minimum absolute atomic E-state index is 0.0956. The van der Waals surface area contributed by atoms with Gasteiger partial charge < -0.3 is 20.6 Å². The average Bonchev–Trinajstić information content (AvgIpc) is 2.81. The highest BCUT2D eigenvalue weighted by Crippen LogP contribution is 2.30. The van der Waals surface area contributed by atoms with Crippen molar-refractivity contribution in [3.05, 3.63) is 74.1 Å². The summed E-state index contributed by atoms with van der Waals surface area (Å²) in [5.41, 5.74) is 2.43. The number of rotatable bonds is 9. The summed E-state index contributed by atoms with van der Waals surface area (Å²) in [4.78, 5) is 27.3. The van der Waals surface area contributed by atoms with E-state index in [1.807, 2.05) is 24.3 Å². The van der Waals surface area contributed by atoms with Crippen LogP contribution >= 0.6 is 23.2 Å². The number of hydrogen-bond donors (Lipinski definition) is 3. The first kappa shape index (κ1) is 24.7. The lowest BCUT2D eigenvalue weighted by Crippen LogP contribution is -2.28. The lowest BCUT2D eigenvalue weighted by atomic mass is 10.1. The van der Waals surface area contributed by atoms with Crippen LogP contribution in [0.5, 0.6) is 0 Å². The van der Waals surface area contributed by atoms with E-state index in [1.54, 1.807) is 32.2 Å². The molecule has 10 heteroatoms. The molecule has 0 fully saturated rings. The van der Waals surface area contributed by atoms with E-state index in [-0.39, 0.29) is 12.2 Å². The zero-order chi connectivity index (χ0) is 24.0. The molecule has 0 atom stereocenters. The maximum Gasteiger partial charge on any atom is 0.293 e. The summed E-state index contributed by atoms with van der Waals surface area (Å²) in [6.45, 7) is 4.72. The Bertz CT molecular complexity index is 1250. The second kappa shape index (κ2) is 11.3. The van der Waals surface area contributed by atoms with Gasteiger partial charge in [-0.3, -0.25) is 4.79 Å². The number of aliphatic hydroxyl groups is 1. The second-order valence-corrected chi connectivity index (χ2v) is 8.05. The lowest BCUT2D eigenvalue weighted by molar-refractivity contribution is 0.167. The van der Waals surface area contributed by atoms with Crippen molar-refractivity contribution in [2.45, 2.75) is 20.4 Å². The standard InChI is InChI=1S/C23H25Cl2N5O3/c1-4-19(25)20(14(2)24)18-11-16-13-27-23(29-21(16)30(33-3)22(18)32)28-17-7-5-15(6-8-17)12-26-9-10-31/h4-8,11,13,26,31H,9-10,12H2,1-3H3,(H,27,28,29)/b19-4+,20-14+. The average molecular weight is 490 g/mol. The van der Waals surface area contributed by atoms with Crippen molar-refractivity contribution in [2.24, 2.45) is 0 Å². The van der Waals surface area contributed by atoms with Crippen molar-refractivity contribution < 1.29 is 9.94 Å². The number of nitrogens with zero attached hydrogens (tertiary/aromatic N) is 3. The minimum Gasteiger partial charge on any atom is -0.412 e. The molecule has 2 heterocycles. The van der Waals surface area contributed by atoms with Crippen LogP contribution in [0.1, 0.15) is 25.0 Å². The molecule has 3 aromatic rings. The first-order chi connectivity index (χ1) is 15.9. The van der Waals surface area contributed by atoms with Gasteiger partial charge in [-0.05, 0) is 37.6 Å². The quantitative estimate of drug-likeness (QED) is 0.310. The number of benzene rings is 1. The van der Waals surface area contributed by atoms with Gasteiger partial charge in [0.25, 0.3) is 5.56 Å². The molecule has 3 N–H and O–H groups in total. The Morgan fingerprint density at radius 1 is 1.27 bits per heavy atom. The molecule has 0 aliphatic heterocycles. The number of aromatic nitrogens is 3. The lowest BCUT2D eigenvalue weighted by Gasteiger charge is -2.14. The molecule has 0 radical (unpaired) electrons. The smallest absolute Gasteiger partial charge is 0.293 e. The van der Waals surface area contributed by atoms with Gasteiger partial charge in [-0.15, -0.1) is 4.73 Å². The van der Waals surface area contributed by atoms with Gasteiger partial charge in [0, 0.05) is 46.0 Å². The number of aliphatic hydroxyl groups excluding tert-OH is 1. The summed E-state index contributed by atoms with van der Waals surface area (Å²) in [6.07, 6.45) is 3.27. The van der Waals surface area contributed by atoms with E-state index in [4.69, 9.17) is 33.1 Å². The monoisotopic (exact) mass is 489 g/mol. The summed E-state index contributed by atoms with van der Waals surface area (Å²) in [7, 11) is 1.39. The van der Waals surface area contributed by atoms with Gasteiger partial charge in [-0.1, -0.05) is 41.4 Å². The summed E-state index contributed by atoms with van der Waals surface area (Å²) in [6, 6.07) is 9.36. The van der Waals surface area contributed by atoms with E-state index in [0.29, 0.717) is 45.7 Å². The summed E-state index contributed by atoms with van der Waals surface area (Å²) in [5, 5.41) is 16.4. The van der Waals surface area contributed by atoms with Crippen molar-refractivity contribution in [1.82, 2.24) is 20.0 Å². The van der Waals surface area contributed by atoms with Crippen LogP contribution in [0.3, 0.4) is 0 Å². The molecular weight excluding hydrogens is 465 g/mol. The molecule has 0 unspecified atom stereocenters. The number of hydrogen-bond acceptors (Lipinski definition) is 7. The molecule has 174 valence electrons. The van der Waals surface area contributed by atoms with Crippen molar-refractivity contribution in [1.29, 1.82) is 0 Å². The van der Waals surface area contributed by atoms with Crippen LogP contribution in [0.4, 0.5) is 11.6 Å². The molecule has 0 aliphatic carbocycles. The SMILES string of the molecule is C/C=C(Cl)\C(=C(/C)Cl)c1cc2cnc(Nc3ccc(CNCCO)cc3)nc2n(OC)c1=O. The van der Waals surface area contributed by atoms with Crippen molar-refractivity contribution in [2.75, 3.05) is 25.6 Å². The highest BCUT2D eigenvalue weighted by molar-refractivity contribution is 6.41. The molecule has 0 saturated heterocycles. The zero-order valence-electron chi connectivity index (χ0n) is 18.5. The fourth-order valence-corrected chi connectivity index (χ4v) is 3.74. The van der Waals surface area contributed by atoms with Crippen LogP contribution in [0, 0.1) is 0 Å². The summed E-state index contributed by atoms with van der Waals surface area (Å²) >= 11 is 12.6. The first-order valence-electron chi connectivity index (χ1n) is 10.2. The topological polar surface area (TPSA) is 101 Å². The third-order valence-corrected chi connectivity index (χ3v) is 5.42. The van der Waals surface area contributed by atoms with Gasteiger partial charge in [-0.25, -0.2) is 4.98 Å². The number of pyridine rings is 1. The Morgan fingerprint density at radius 3 is 2.61 bits per heavy atom. The molecule has 1 aromatic carbocycles.